The Hall–Kier alpha value is -2.35. The number of benzene rings is 1. The maximum Gasteiger partial charge on any atom is 0.286 e. The second kappa shape index (κ2) is 7.28. The molecule has 0 saturated carbocycles. The Morgan fingerprint density at radius 2 is 2.22 bits per heavy atom. The molecular weight excluding hydrogens is 304 g/mol. The molecule has 0 spiro atoms. The lowest BCUT2D eigenvalue weighted by molar-refractivity contribution is -0.385. The molecule has 8 heteroatoms. The van der Waals surface area contributed by atoms with Crippen LogP contribution in [0.25, 0.3) is 0 Å². The van der Waals surface area contributed by atoms with Gasteiger partial charge in [0.15, 0.2) is 11.5 Å². The highest BCUT2D eigenvalue weighted by Gasteiger charge is 2.30. The third-order valence-corrected chi connectivity index (χ3v) is 3.72. The maximum absolute atomic E-state index is 12.4. The number of ether oxygens (including phenoxy) is 3. The molecule has 1 fully saturated rings. The van der Waals surface area contributed by atoms with Gasteiger partial charge in [-0.15, -0.1) is 0 Å². The summed E-state index contributed by atoms with van der Waals surface area (Å²) in [6, 6.07) is 2.38. The van der Waals surface area contributed by atoms with Gasteiger partial charge in [-0.3, -0.25) is 14.9 Å². The standard InChI is InChI=1S/C15H20N2O6/c1-4-22-14-8-12(17(19)20)10(7-13(14)21-3)15(18)16-11-5-6-23-9(11)2/h7-9,11H,4-6H2,1-3H3,(H,16,18). The van der Waals surface area contributed by atoms with Crippen molar-refractivity contribution in [2.45, 2.75) is 32.4 Å². The first-order chi connectivity index (χ1) is 11.0. The van der Waals surface area contributed by atoms with E-state index >= 15 is 0 Å². The van der Waals surface area contributed by atoms with Crippen molar-refractivity contribution >= 4 is 11.6 Å². The van der Waals surface area contributed by atoms with E-state index in [1.54, 1.807) is 6.92 Å². The molecule has 0 bridgehead atoms. The van der Waals surface area contributed by atoms with Crippen LogP contribution >= 0.6 is 0 Å². The minimum absolute atomic E-state index is 0.0607. The van der Waals surface area contributed by atoms with Gasteiger partial charge in [-0.2, -0.15) is 0 Å². The Kier molecular flexibility index (Phi) is 5.38. The zero-order chi connectivity index (χ0) is 17.0. The number of carbonyl (C=O) groups is 1. The molecular formula is C15H20N2O6. The number of hydrogen-bond donors (Lipinski definition) is 1. The number of rotatable bonds is 6. The van der Waals surface area contributed by atoms with E-state index in [-0.39, 0.29) is 34.9 Å². The van der Waals surface area contributed by atoms with Crippen molar-refractivity contribution in [3.63, 3.8) is 0 Å². The number of hydrogen-bond acceptors (Lipinski definition) is 6. The lowest BCUT2D eigenvalue weighted by Crippen LogP contribution is -2.39. The van der Waals surface area contributed by atoms with Gasteiger partial charge in [0.05, 0.1) is 36.9 Å². The van der Waals surface area contributed by atoms with E-state index in [1.807, 2.05) is 6.92 Å². The molecule has 1 aromatic carbocycles. The van der Waals surface area contributed by atoms with Crippen molar-refractivity contribution in [3.8, 4) is 11.5 Å². The van der Waals surface area contributed by atoms with Gasteiger partial charge in [-0.1, -0.05) is 0 Å². The average molecular weight is 324 g/mol. The largest absolute Gasteiger partial charge is 0.493 e. The van der Waals surface area contributed by atoms with E-state index in [2.05, 4.69) is 5.32 Å². The summed E-state index contributed by atoms with van der Waals surface area (Å²) in [7, 11) is 1.41. The monoisotopic (exact) mass is 324 g/mol. The first kappa shape index (κ1) is 17.0. The predicted molar refractivity (Wildman–Crippen MR) is 82.1 cm³/mol. The van der Waals surface area contributed by atoms with Crippen LogP contribution in [0.3, 0.4) is 0 Å². The topological polar surface area (TPSA) is 99.9 Å². The van der Waals surface area contributed by atoms with Gasteiger partial charge < -0.3 is 19.5 Å². The summed E-state index contributed by atoms with van der Waals surface area (Å²) in [6.07, 6.45) is 0.553. The zero-order valence-electron chi connectivity index (χ0n) is 13.3. The first-order valence-electron chi connectivity index (χ1n) is 7.39. The molecule has 2 unspecified atom stereocenters. The molecule has 1 saturated heterocycles. The molecule has 2 atom stereocenters. The second-order valence-electron chi connectivity index (χ2n) is 5.15. The van der Waals surface area contributed by atoms with Gasteiger partial charge in [0.1, 0.15) is 5.56 Å². The number of nitrogens with zero attached hydrogens (tertiary/aromatic N) is 1. The minimum atomic E-state index is -0.606. The van der Waals surface area contributed by atoms with Crippen LogP contribution in [-0.4, -0.2) is 43.3 Å². The number of nitro groups is 1. The quantitative estimate of drug-likeness (QED) is 0.634. The number of nitro benzene ring substituents is 1. The minimum Gasteiger partial charge on any atom is -0.493 e. The van der Waals surface area contributed by atoms with E-state index in [0.717, 1.165) is 0 Å². The van der Waals surface area contributed by atoms with Crippen LogP contribution in [0.1, 0.15) is 30.6 Å². The number of nitrogens with one attached hydrogen (secondary N) is 1. The van der Waals surface area contributed by atoms with E-state index < -0.39 is 10.8 Å². The van der Waals surface area contributed by atoms with Crippen molar-refractivity contribution in [1.29, 1.82) is 0 Å². The van der Waals surface area contributed by atoms with Crippen LogP contribution in [-0.2, 0) is 4.74 Å². The summed E-state index contributed by atoms with van der Waals surface area (Å²) in [6.45, 7) is 4.50. The summed E-state index contributed by atoms with van der Waals surface area (Å²) >= 11 is 0. The van der Waals surface area contributed by atoms with Crippen molar-refractivity contribution in [2.75, 3.05) is 20.3 Å². The molecule has 23 heavy (non-hydrogen) atoms. The predicted octanol–water partition coefficient (Wildman–Crippen LogP) is 1.91. The molecule has 1 aromatic rings. The Morgan fingerprint density at radius 3 is 2.74 bits per heavy atom. The maximum atomic E-state index is 12.4. The van der Waals surface area contributed by atoms with Gasteiger partial charge in [-0.05, 0) is 20.3 Å². The summed E-state index contributed by atoms with van der Waals surface area (Å²) < 4.78 is 15.9. The van der Waals surface area contributed by atoms with Crippen LogP contribution < -0.4 is 14.8 Å². The summed E-state index contributed by atoms with van der Waals surface area (Å²) in [5.74, 6) is -0.0189. The van der Waals surface area contributed by atoms with Gasteiger partial charge in [0, 0.05) is 12.7 Å². The van der Waals surface area contributed by atoms with Crippen molar-refractivity contribution in [2.24, 2.45) is 0 Å². The molecule has 1 aliphatic heterocycles. The molecule has 2 rings (SSSR count). The molecule has 1 heterocycles. The molecule has 0 radical (unpaired) electrons. The molecule has 126 valence electrons. The molecule has 1 amide bonds. The first-order valence-corrected chi connectivity index (χ1v) is 7.39. The van der Waals surface area contributed by atoms with Crippen molar-refractivity contribution < 1.29 is 23.9 Å². The van der Waals surface area contributed by atoms with E-state index in [4.69, 9.17) is 14.2 Å². The third kappa shape index (κ3) is 3.70. The Morgan fingerprint density at radius 1 is 1.48 bits per heavy atom. The average Bonchev–Trinajstić information content (AvgIpc) is 2.92. The second-order valence-corrected chi connectivity index (χ2v) is 5.15. The van der Waals surface area contributed by atoms with Gasteiger partial charge in [0.25, 0.3) is 11.6 Å². The Bertz CT molecular complexity index is 604. The normalized spacial score (nSPS) is 20.1. The van der Waals surface area contributed by atoms with Crippen LogP contribution in [0, 0.1) is 10.1 Å². The smallest absolute Gasteiger partial charge is 0.286 e. The lowest BCUT2D eigenvalue weighted by Gasteiger charge is -2.17. The lowest BCUT2D eigenvalue weighted by atomic mass is 10.1. The molecule has 1 N–H and O–H groups in total. The van der Waals surface area contributed by atoms with Gasteiger partial charge >= 0.3 is 0 Å². The summed E-state index contributed by atoms with van der Waals surface area (Å²) in [5, 5.41) is 14.1. The molecule has 0 aromatic heterocycles. The highest BCUT2D eigenvalue weighted by atomic mass is 16.6. The number of methoxy groups -OCH3 is 1. The van der Waals surface area contributed by atoms with Crippen molar-refractivity contribution in [1.82, 2.24) is 5.32 Å². The SMILES string of the molecule is CCOc1cc([N+](=O)[O-])c(C(=O)NC2CCOC2C)cc1OC. The van der Waals surface area contributed by atoms with E-state index in [1.165, 1.54) is 19.2 Å². The van der Waals surface area contributed by atoms with Gasteiger partial charge in [0.2, 0.25) is 0 Å². The van der Waals surface area contributed by atoms with Crippen molar-refractivity contribution in [3.05, 3.63) is 27.8 Å². The van der Waals surface area contributed by atoms with Crippen LogP contribution in [0.5, 0.6) is 11.5 Å². The number of amides is 1. The fourth-order valence-corrected chi connectivity index (χ4v) is 2.48. The zero-order valence-corrected chi connectivity index (χ0v) is 13.3. The fraction of sp³-hybridized carbons (Fsp3) is 0.533. The molecule has 1 aliphatic rings. The number of carbonyl (C=O) groups excluding carboxylic acids is 1. The highest BCUT2D eigenvalue weighted by Crippen LogP contribution is 2.35. The van der Waals surface area contributed by atoms with Crippen LogP contribution in [0.15, 0.2) is 12.1 Å². The van der Waals surface area contributed by atoms with Crippen LogP contribution in [0.2, 0.25) is 0 Å². The Labute approximate surface area is 133 Å². The summed E-state index contributed by atoms with van der Waals surface area (Å²) in [5.41, 5.74) is -0.382. The summed E-state index contributed by atoms with van der Waals surface area (Å²) in [4.78, 5) is 23.1. The highest BCUT2D eigenvalue weighted by molar-refractivity contribution is 5.99. The van der Waals surface area contributed by atoms with E-state index in [9.17, 15) is 14.9 Å². The third-order valence-electron chi connectivity index (χ3n) is 3.72. The molecule has 0 aliphatic carbocycles. The fourth-order valence-electron chi connectivity index (χ4n) is 2.48. The molecule has 8 nitrogen and oxygen atoms in total. The van der Waals surface area contributed by atoms with E-state index in [0.29, 0.717) is 19.6 Å². The van der Waals surface area contributed by atoms with Crippen LogP contribution in [0.4, 0.5) is 5.69 Å². The Balaban J connectivity index is 2.35. The van der Waals surface area contributed by atoms with Gasteiger partial charge in [-0.25, -0.2) is 0 Å².